The highest BCUT2D eigenvalue weighted by Gasteiger charge is 2.38. The van der Waals surface area contributed by atoms with Crippen LogP contribution in [-0.4, -0.2) is 53.1 Å². The molecule has 0 radical (unpaired) electrons. The van der Waals surface area contributed by atoms with Crippen LogP contribution in [0.2, 0.25) is 0 Å². The number of hydrogen-bond donors (Lipinski definition) is 1. The van der Waals surface area contributed by atoms with Crippen molar-refractivity contribution in [3.63, 3.8) is 0 Å². The summed E-state index contributed by atoms with van der Waals surface area (Å²) in [6, 6.07) is 3.54. The topological polar surface area (TPSA) is 119 Å². The number of carbonyl (C=O) groups is 2. The molecule has 0 aliphatic carbocycles. The highest BCUT2D eigenvalue weighted by Crippen LogP contribution is 2.31. The van der Waals surface area contributed by atoms with E-state index < -0.39 is 22.9 Å². The van der Waals surface area contributed by atoms with Crippen molar-refractivity contribution in [2.75, 3.05) is 20.3 Å². The van der Waals surface area contributed by atoms with E-state index >= 15 is 0 Å². The molecule has 1 aromatic rings. The maximum absolute atomic E-state index is 12.2. The number of nitro benzene ring substituents is 1. The second-order valence-electron chi connectivity index (χ2n) is 5.44. The van der Waals surface area contributed by atoms with E-state index in [0.717, 1.165) is 0 Å². The number of likely N-dealkylation sites (tertiary alicyclic amines) is 1. The van der Waals surface area contributed by atoms with Gasteiger partial charge in [0.1, 0.15) is 5.75 Å². The van der Waals surface area contributed by atoms with Gasteiger partial charge in [-0.1, -0.05) is 0 Å². The number of carboxylic acids is 1. The minimum Gasteiger partial charge on any atom is -0.490 e. The Kier molecular flexibility index (Phi) is 5.22. The molecule has 1 aliphatic rings. The van der Waals surface area contributed by atoms with E-state index in [2.05, 4.69) is 0 Å². The molecule has 1 amide bonds. The number of nitrogens with zero attached hydrogens (tertiary/aromatic N) is 2. The fraction of sp³-hybridized carbons (Fsp3) is 0.467. The molecule has 0 bridgehead atoms. The summed E-state index contributed by atoms with van der Waals surface area (Å²) in [5.74, 6) is -1.53. The van der Waals surface area contributed by atoms with Crippen molar-refractivity contribution in [1.82, 2.24) is 4.90 Å². The number of nitro groups is 1. The summed E-state index contributed by atoms with van der Waals surface area (Å²) in [6.45, 7) is 1.78. The Morgan fingerprint density at radius 1 is 1.46 bits per heavy atom. The quantitative estimate of drug-likeness (QED) is 0.613. The van der Waals surface area contributed by atoms with Crippen LogP contribution < -0.4 is 9.47 Å². The van der Waals surface area contributed by atoms with Crippen LogP contribution in [0.1, 0.15) is 13.3 Å². The molecular formula is C15H18N2O7. The normalized spacial score (nSPS) is 19.8. The summed E-state index contributed by atoms with van der Waals surface area (Å²) in [4.78, 5) is 35.0. The van der Waals surface area contributed by atoms with Crippen molar-refractivity contribution in [2.24, 2.45) is 5.92 Å². The van der Waals surface area contributed by atoms with Gasteiger partial charge >= 0.3 is 11.7 Å². The number of hydrogen-bond acceptors (Lipinski definition) is 6. The minimum absolute atomic E-state index is 0.0328. The lowest BCUT2D eigenvalue weighted by Crippen LogP contribution is -2.40. The second kappa shape index (κ2) is 7.16. The fourth-order valence-electron chi connectivity index (χ4n) is 2.75. The van der Waals surface area contributed by atoms with Gasteiger partial charge < -0.3 is 19.5 Å². The Hall–Kier alpha value is -2.84. The molecule has 0 aromatic heterocycles. The molecule has 1 fully saturated rings. The molecule has 9 nitrogen and oxygen atoms in total. The van der Waals surface area contributed by atoms with E-state index in [1.54, 1.807) is 6.92 Å². The molecule has 1 N–H and O–H groups in total. The van der Waals surface area contributed by atoms with Crippen LogP contribution >= 0.6 is 0 Å². The third-order valence-corrected chi connectivity index (χ3v) is 4.10. The van der Waals surface area contributed by atoms with E-state index in [9.17, 15) is 19.7 Å². The number of benzene rings is 1. The van der Waals surface area contributed by atoms with E-state index in [0.29, 0.717) is 13.0 Å². The molecule has 0 saturated carbocycles. The van der Waals surface area contributed by atoms with Gasteiger partial charge in [0.2, 0.25) is 5.75 Å². The third-order valence-electron chi connectivity index (χ3n) is 4.10. The predicted octanol–water partition coefficient (Wildman–Crippen LogP) is 1.30. The number of carbonyl (C=O) groups excluding carboxylic acids is 1. The molecule has 2 rings (SSSR count). The van der Waals surface area contributed by atoms with Gasteiger partial charge in [0, 0.05) is 24.7 Å². The maximum Gasteiger partial charge on any atom is 0.311 e. The van der Waals surface area contributed by atoms with Crippen LogP contribution in [0.5, 0.6) is 11.5 Å². The monoisotopic (exact) mass is 338 g/mol. The van der Waals surface area contributed by atoms with E-state index in [1.807, 2.05) is 0 Å². The summed E-state index contributed by atoms with van der Waals surface area (Å²) in [5.41, 5.74) is -0.200. The molecule has 2 unspecified atom stereocenters. The Bertz CT molecular complexity index is 661. The lowest BCUT2D eigenvalue weighted by atomic mass is 10.0. The van der Waals surface area contributed by atoms with Crippen molar-refractivity contribution >= 4 is 17.6 Å². The lowest BCUT2D eigenvalue weighted by Gasteiger charge is -2.23. The first kappa shape index (κ1) is 17.5. The van der Waals surface area contributed by atoms with Crippen LogP contribution in [0.4, 0.5) is 5.69 Å². The maximum atomic E-state index is 12.2. The Morgan fingerprint density at radius 2 is 2.17 bits per heavy atom. The van der Waals surface area contributed by atoms with Crippen molar-refractivity contribution < 1.29 is 29.1 Å². The highest BCUT2D eigenvalue weighted by molar-refractivity contribution is 5.80. The zero-order valence-corrected chi connectivity index (χ0v) is 13.3. The van der Waals surface area contributed by atoms with Gasteiger partial charge in [-0.05, 0) is 19.4 Å². The first-order chi connectivity index (χ1) is 11.3. The first-order valence-corrected chi connectivity index (χ1v) is 7.32. The van der Waals surface area contributed by atoms with Gasteiger partial charge in [0.25, 0.3) is 5.91 Å². The summed E-state index contributed by atoms with van der Waals surface area (Å²) in [5, 5.41) is 19.9. The third kappa shape index (κ3) is 3.55. The predicted molar refractivity (Wildman–Crippen MR) is 82.1 cm³/mol. The molecule has 0 spiro atoms. The number of carboxylic acid groups (broad SMARTS) is 1. The largest absolute Gasteiger partial charge is 0.490 e. The van der Waals surface area contributed by atoms with Crippen LogP contribution in [0, 0.1) is 16.0 Å². The molecule has 1 aromatic carbocycles. The van der Waals surface area contributed by atoms with Gasteiger partial charge in [-0.2, -0.15) is 0 Å². The zero-order valence-electron chi connectivity index (χ0n) is 13.3. The highest BCUT2D eigenvalue weighted by atomic mass is 16.6. The van der Waals surface area contributed by atoms with Crippen LogP contribution in [-0.2, 0) is 9.59 Å². The molecule has 130 valence electrons. The van der Waals surface area contributed by atoms with Gasteiger partial charge in [-0.3, -0.25) is 19.7 Å². The molecule has 1 heterocycles. The number of aliphatic carboxylic acids is 1. The van der Waals surface area contributed by atoms with Crippen LogP contribution in [0.25, 0.3) is 0 Å². The van der Waals surface area contributed by atoms with E-state index in [1.165, 1.54) is 30.2 Å². The number of methoxy groups -OCH3 is 1. The van der Waals surface area contributed by atoms with Gasteiger partial charge in [0.05, 0.1) is 18.0 Å². The lowest BCUT2D eigenvalue weighted by molar-refractivity contribution is -0.385. The molecule has 1 saturated heterocycles. The number of rotatable bonds is 6. The fourth-order valence-corrected chi connectivity index (χ4v) is 2.75. The van der Waals surface area contributed by atoms with Crippen molar-refractivity contribution in [3.05, 3.63) is 28.3 Å². The zero-order chi connectivity index (χ0) is 17.9. The van der Waals surface area contributed by atoms with Crippen LogP contribution in [0.15, 0.2) is 18.2 Å². The van der Waals surface area contributed by atoms with Crippen molar-refractivity contribution in [2.45, 2.75) is 19.4 Å². The van der Waals surface area contributed by atoms with Gasteiger partial charge in [-0.25, -0.2) is 0 Å². The van der Waals surface area contributed by atoms with Crippen molar-refractivity contribution in [3.8, 4) is 11.5 Å². The van der Waals surface area contributed by atoms with Gasteiger partial charge in [-0.15, -0.1) is 0 Å². The summed E-state index contributed by atoms with van der Waals surface area (Å²) in [6.07, 6.45) is 0.410. The summed E-state index contributed by atoms with van der Waals surface area (Å²) in [7, 11) is 1.30. The van der Waals surface area contributed by atoms with E-state index in [-0.39, 0.29) is 29.7 Å². The minimum atomic E-state index is -0.918. The SMILES string of the molecule is COc1cc(OCC(=O)N2CCC(C(=O)O)C2C)ccc1[N+](=O)[O-]. The molecular weight excluding hydrogens is 320 g/mol. The molecule has 24 heavy (non-hydrogen) atoms. The van der Waals surface area contributed by atoms with E-state index in [4.69, 9.17) is 14.6 Å². The standard InChI is InChI=1S/C15H18N2O7/c1-9-11(15(19)20)5-6-16(9)14(18)8-24-10-3-4-12(17(21)22)13(7-10)23-2/h3-4,7,9,11H,5-6,8H2,1-2H3,(H,19,20). The van der Waals surface area contributed by atoms with Crippen LogP contribution in [0.3, 0.4) is 0 Å². The average Bonchev–Trinajstić information content (AvgIpc) is 2.93. The number of ether oxygens (including phenoxy) is 2. The summed E-state index contributed by atoms with van der Waals surface area (Å²) >= 11 is 0. The Morgan fingerprint density at radius 3 is 2.71 bits per heavy atom. The van der Waals surface area contributed by atoms with Crippen molar-refractivity contribution in [1.29, 1.82) is 0 Å². The average molecular weight is 338 g/mol. The second-order valence-corrected chi connectivity index (χ2v) is 5.44. The Balaban J connectivity index is 2.00. The molecule has 2 atom stereocenters. The smallest absolute Gasteiger partial charge is 0.311 e. The number of amides is 1. The first-order valence-electron chi connectivity index (χ1n) is 7.32. The molecule has 1 aliphatic heterocycles. The molecule has 9 heteroatoms. The van der Waals surface area contributed by atoms with Gasteiger partial charge in [0.15, 0.2) is 6.61 Å². The summed E-state index contributed by atoms with van der Waals surface area (Å²) < 4.78 is 10.3. The Labute approximate surface area is 137 Å².